The predicted molar refractivity (Wildman–Crippen MR) is 132 cm³/mol. The number of pyridine rings is 2. The lowest BCUT2D eigenvalue weighted by atomic mass is 9.96. The number of aromatic nitrogens is 3. The van der Waals surface area contributed by atoms with Gasteiger partial charge in [-0.3, -0.25) is 4.98 Å². The maximum atomic E-state index is 6.16. The molecule has 2 atom stereocenters. The Bertz CT molecular complexity index is 1260. The molecule has 5 nitrogen and oxygen atoms in total. The van der Waals surface area contributed by atoms with E-state index in [1.54, 1.807) is 0 Å². The molecule has 1 aliphatic heterocycles. The number of nitrogens with one attached hydrogen (secondary N) is 1. The monoisotopic (exact) mass is 459 g/mol. The van der Waals surface area contributed by atoms with Crippen LogP contribution < -0.4 is 10.2 Å². The Labute approximate surface area is 197 Å². The van der Waals surface area contributed by atoms with Gasteiger partial charge in [0.25, 0.3) is 0 Å². The highest BCUT2D eigenvalue weighted by Crippen LogP contribution is 2.43. The molecule has 7 heteroatoms. The molecule has 0 bridgehead atoms. The second-order valence-corrected chi connectivity index (χ2v) is 8.65. The summed E-state index contributed by atoms with van der Waals surface area (Å²) in [6.45, 7) is 4.24. The molecule has 3 aromatic heterocycles. The lowest BCUT2D eigenvalue weighted by molar-refractivity contribution is 0.565. The number of thiocarbonyl (C=S) groups is 1. The molecule has 1 saturated heterocycles. The molecule has 4 heterocycles. The third kappa shape index (κ3) is 3.55. The van der Waals surface area contributed by atoms with Crippen molar-refractivity contribution in [3.63, 3.8) is 0 Å². The molecule has 0 saturated carbocycles. The highest BCUT2D eigenvalue weighted by atomic mass is 35.5. The minimum Gasteiger partial charge on any atom is -0.351 e. The van der Waals surface area contributed by atoms with Crippen LogP contribution in [0.5, 0.6) is 0 Å². The summed E-state index contributed by atoms with van der Waals surface area (Å²) in [5.74, 6) is 0.898. The smallest absolute Gasteiger partial charge is 0.174 e. The van der Waals surface area contributed by atoms with E-state index in [-0.39, 0.29) is 12.1 Å². The number of anilines is 1. The van der Waals surface area contributed by atoms with Crippen molar-refractivity contribution >= 4 is 34.6 Å². The van der Waals surface area contributed by atoms with Gasteiger partial charge in [-0.15, -0.1) is 0 Å². The molecule has 0 spiro atoms. The van der Waals surface area contributed by atoms with Gasteiger partial charge in [-0.25, -0.2) is 4.98 Å². The number of hydrogen-bond donors (Lipinski definition) is 1. The lowest BCUT2D eigenvalue weighted by Crippen LogP contribution is -2.29. The van der Waals surface area contributed by atoms with Gasteiger partial charge < -0.3 is 14.8 Å². The first-order valence-electron chi connectivity index (χ1n) is 10.4. The summed E-state index contributed by atoms with van der Waals surface area (Å²) < 4.78 is 2.19. The van der Waals surface area contributed by atoms with Gasteiger partial charge in [0.15, 0.2) is 5.11 Å². The Hall–Kier alpha value is -3.22. The van der Waals surface area contributed by atoms with Crippen LogP contribution in [0.1, 0.15) is 34.7 Å². The van der Waals surface area contributed by atoms with Gasteiger partial charge in [0, 0.05) is 34.5 Å². The van der Waals surface area contributed by atoms with Gasteiger partial charge in [0.2, 0.25) is 0 Å². The van der Waals surface area contributed by atoms with Gasteiger partial charge in [-0.1, -0.05) is 23.7 Å². The van der Waals surface area contributed by atoms with Gasteiger partial charge in [-0.2, -0.15) is 0 Å². The lowest BCUT2D eigenvalue weighted by Gasteiger charge is -2.28. The van der Waals surface area contributed by atoms with Crippen LogP contribution in [0.25, 0.3) is 5.82 Å². The first-order valence-corrected chi connectivity index (χ1v) is 11.2. The van der Waals surface area contributed by atoms with E-state index in [1.165, 1.54) is 5.56 Å². The minimum absolute atomic E-state index is 0.0813. The summed E-state index contributed by atoms with van der Waals surface area (Å²) in [6, 6.07) is 21.8. The SMILES string of the molecule is Cc1cc(C2C(c3ccccn3)NC(=S)N2c2ccc(Cl)cc2)c(C)n1-c1ccccn1. The van der Waals surface area contributed by atoms with Gasteiger partial charge in [-0.05, 0) is 86.2 Å². The second-order valence-electron chi connectivity index (χ2n) is 7.82. The standard InChI is InChI=1S/C25H22ClN5S/c1-16-15-20(17(2)30(16)22-8-4-6-14-28-22)24-23(21-7-3-5-13-27-21)29-25(32)31(24)19-11-9-18(26)10-12-19/h3-15,23-24H,1-2H3,(H,29,32). The molecule has 2 unspecified atom stereocenters. The maximum Gasteiger partial charge on any atom is 0.174 e. The van der Waals surface area contributed by atoms with Crippen molar-refractivity contribution < 1.29 is 0 Å². The van der Waals surface area contributed by atoms with Crippen LogP contribution in [0.4, 0.5) is 5.69 Å². The third-order valence-electron chi connectivity index (χ3n) is 5.87. The van der Waals surface area contributed by atoms with E-state index >= 15 is 0 Å². The first-order chi connectivity index (χ1) is 15.5. The quantitative estimate of drug-likeness (QED) is 0.396. The number of hydrogen-bond acceptors (Lipinski definition) is 3. The average molecular weight is 460 g/mol. The van der Waals surface area contributed by atoms with E-state index in [9.17, 15) is 0 Å². The Morgan fingerprint density at radius 2 is 1.66 bits per heavy atom. The Morgan fingerprint density at radius 3 is 2.31 bits per heavy atom. The van der Waals surface area contributed by atoms with Crippen LogP contribution >= 0.6 is 23.8 Å². The van der Waals surface area contributed by atoms with Gasteiger partial charge in [0.1, 0.15) is 5.82 Å². The van der Waals surface area contributed by atoms with Crippen LogP contribution in [0.3, 0.4) is 0 Å². The average Bonchev–Trinajstić information content (AvgIpc) is 3.31. The predicted octanol–water partition coefficient (Wildman–Crippen LogP) is 5.71. The van der Waals surface area contributed by atoms with E-state index in [1.807, 2.05) is 73.1 Å². The summed E-state index contributed by atoms with van der Waals surface area (Å²) in [6.07, 6.45) is 3.64. The van der Waals surface area contributed by atoms with E-state index in [0.717, 1.165) is 28.6 Å². The van der Waals surface area contributed by atoms with Crippen LogP contribution in [0.2, 0.25) is 5.02 Å². The zero-order valence-corrected chi connectivity index (χ0v) is 19.3. The zero-order chi connectivity index (χ0) is 22.2. The zero-order valence-electron chi connectivity index (χ0n) is 17.7. The number of rotatable bonds is 4. The van der Waals surface area contributed by atoms with Crippen LogP contribution in [-0.4, -0.2) is 19.6 Å². The van der Waals surface area contributed by atoms with Crippen LogP contribution in [0.15, 0.2) is 79.1 Å². The number of nitrogens with zero attached hydrogens (tertiary/aromatic N) is 4. The molecule has 32 heavy (non-hydrogen) atoms. The Balaban J connectivity index is 1.68. The Morgan fingerprint density at radius 1 is 0.938 bits per heavy atom. The van der Waals surface area contributed by atoms with Crippen molar-refractivity contribution in [1.29, 1.82) is 0 Å². The molecule has 1 fully saturated rings. The number of benzene rings is 1. The van der Waals surface area contributed by atoms with Crippen molar-refractivity contribution in [1.82, 2.24) is 19.9 Å². The molecule has 4 aromatic rings. The van der Waals surface area contributed by atoms with E-state index < -0.39 is 0 Å². The summed E-state index contributed by atoms with van der Waals surface area (Å²) in [5, 5.41) is 4.87. The first kappa shape index (κ1) is 20.7. The molecule has 0 aliphatic carbocycles. The number of aryl methyl sites for hydroxylation is 1. The molecule has 1 N–H and O–H groups in total. The normalized spacial score (nSPS) is 18.1. The van der Waals surface area contributed by atoms with Crippen LogP contribution in [-0.2, 0) is 0 Å². The highest BCUT2D eigenvalue weighted by molar-refractivity contribution is 7.80. The maximum absolute atomic E-state index is 6.16. The minimum atomic E-state index is -0.0999. The second kappa shape index (κ2) is 8.37. The largest absolute Gasteiger partial charge is 0.351 e. The molecular formula is C25H22ClN5S. The topological polar surface area (TPSA) is 46.0 Å². The molecule has 1 aliphatic rings. The van der Waals surface area contributed by atoms with Crippen molar-refractivity contribution in [2.45, 2.75) is 25.9 Å². The fourth-order valence-electron chi connectivity index (χ4n) is 4.48. The van der Waals surface area contributed by atoms with Crippen LogP contribution in [0, 0.1) is 13.8 Å². The summed E-state index contributed by atoms with van der Waals surface area (Å²) in [5.41, 5.74) is 5.34. The van der Waals surface area contributed by atoms with Crippen molar-refractivity contribution in [2.75, 3.05) is 4.90 Å². The molecule has 0 radical (unpaired) electrons. The van der Waals surface area contributed by atoms with Gasteiger partial charge in [0.05, 0.1) is 17.8 Å². The van der Waals surface area contributed by atoms with Crippen molar-refractivity contribution in [3.8, 4) is 5.82 Å². The summed E-state index contributed by atoms with van der Waals surface area (Å²) in [4.78, 5) is 11.4. The molecule has 160 valence electrons. The molecular weight excluding hydrogens is 438 g/mol. The summed E-state index contributed by atoms with van der Waals surface area (Å²) >= 11 is 12.0. The van der Waals surface area contributed by atoms with Gasteiger partial charge >= 0.3 is 0 Å². The summed E-state index contributed by atoms with van der Waals surface area (Å²) in [7, 11) is 0. The van der Waals surface area contributed by atoms with Crippen molar-refractivity contribution in [3.05, 3.63) is 107 Å². The fourth-order valence-corrected chi connectivity index (χ4v) is 4.95. The molecule has 0 amide bonds. The molecule has 1 aromatic carbocycles. The fraction of sp³-hybridized carbons (Fsp3) is 0.160. The van der Waals surface area contributed by atoms with E-state index in [2.05, 4.69) is 44.7 Å². The highest BCUT2D eigenvalue weighted by Gasteiger charge is 2.42. The van der Waals surface area contributed by atoms with Crippen molar-refractivity contribution in [2.24, 2.45) is 0 Å². The molecule has 5 rings (SSSR count). The van der Waals surface area contributed by atoms with E-state index in [0.29, 0.717) is 10.1 Å². The number of halogens is 1. The van der Waals surface area contributed by atoms with E-state index in [4.69, 9.17) is 23.8 Å². The third-order valence-corrected chi connectivity index (χ3v) is 6.44. The Kier molecular flexibility index (Phi) is 5.41.